The summed E-state index contributed by atoms with van der Waals surface area (Å²) >= 11 is 0. The van der Waals surface area contributed by atoms with Gasteiger partial charge in [0, 0.05) is 13.6 Å². The molecule has 0 atom stereocenters. The molecule has 0 aliphatic rings. The van der Waals surface area contributed by atoms with Gasteiger partial charge in [0.2, 0.25) is 0 Å². The van der Waals surface area contributed by atoms with Crippen LogP contribution in [-0.4, -0.2) is 34.9 Å². The van der Waals surface area contributed by atoms with Crippen molar-refractivity contribution in [3.05, 3.63) is 70.8 Å². The highest BCUT2D eigenvalue weighted by Gasteiger charge is 2.07. The molecule has 3 rings (SSSR count). The monoisotopic (exact) mass is 550 g/mol. The predicted molar refractivity (Wildman–Crippen MR) is 137 cm³/mol. The van der Waals surface area contributed by atoms with Gasteiger partial charge in [-0.1, -0.05) is 18.2 Å². The summed E-state index contributed by atoms with van der Waals surface area (Å²) in [4.78, 5) is 4.77. The van der Waals surface area contributed by atoms with Crippen molar-refractivity contribution in [2.45, 2.75) is 33.5 Å². The van der Waals surface area contributed by atoms with Crippen molar-refractivity contribution < 1.29 is 9.47 Å². The molecule has 0 aliphatic heterocycles. The highest BCUT2D eigenvalue weighted by molar-refractivity contribution is 14.0. The smallest absolute Gasteiger partial charge is 0.192 e. The molecule has 0 unspecified atom stereocenters. The molecule has 9 heteroatoms. The number of nitrogens with zero attached hydrogens (tertiary/aromatic N) is 4. The second-order valence-corrected chi connectivity index (χ2v) is 7.30. The minimum absolute atomic E-state index is 0. The molecule has 0 fully saturated rings. The molecule has 8 nitrogen and oxygen atoms in total. The van der Waals surface area contributed by atoms with E-state index in [0.717, 1.165) is 39.8 Å². The quantitative estimate of drug-likeness (QED) is 0.254. The van der Waals surface area contributed by atoms with Gasteiger partial charge in [0.15, 0.2) is 11.8 Å². The Bertz CT molecular complexity index is 1030. The minimum Gasteiger partial charge on any atom is -0.497 e. The van der Waals surface area contributed by atoms with E-state index in [2.05, 4.69) is 26.9 Å². The number of aryl methyl sites for hydroxylation is 2. The van der Waals surface area contributed by atoms with E-state index < -0.39 is 0 Å². The Labute approximate surface area is 206 Å². The molecule has 0 saturated carbocycles. The molecular formula is C23H31IN6O2. The lowest BCUT2D eigenvalue weighted by atomic mass is 10.1. The summed E-state index contributed by atoms with van der Waals surface area (Å²) in [5, 5.41) is 15.1. The van der Waals surface area contributed by atoms with Crippen molar-refractivity contribution in [3.63, 3.8) is 0 Å². The molecule has 1 heterocycles. The molecule has 0 radical (unpaired) electrons. The van der Waals surface area contributed by atoms with Crippen molar-refractivity contribution in [2.24, 2.45) is 12.0 Å². The Morgan fingerprint density at radius 3 is 2.22 bits per heavy atom. The normalized spacial score (nSPS) is 11.0. The lowest BCUT2D eigenvalue weighted by Gasteiger charge is -2.13. The summed E-state index contributed by atoms with van der Waals surface area (Å²) in [6.07, 6.45) is 0. The lowest BCUT2D eigenvalue weighted by Crippen LogP contribution is -2.37. The van der Waals surface area contributed by atoms with Crippen LogP contribution in [0.4, 0.5) is 0 Å². The van der Waals surface area contributed by atoms with Gasteiger partial charge in [-0.05, 0) is 54.8 Å². The fourth-order valence-corrected chi connectivity index (χ4v) is 3.08. The van der Waals surface area contributed by atoms with Crippen molar-refractivity contribution in [3.8, 4) is 11.5 Å². The first-order valence-electron chi connectivity index (χ1n) is 10.1. The Morgan fingerprint density at radius 1 is 0.906 bits per heavy atom. The Hall–Kier alpha value is -2.82. The fraction of sp³-hybridized carbons (Fsp3) is 0.348. The van der Waals surface area contributed by atoms with Crippen LogP contribution in [0.15, 0.2) is 47.5 Å². The first-order valence-corrected chi connectivity index (χ1v) is 10.1. The van der Waals surface area contributed by atoms with Gasteiger partial charge in [-0.2, -0.15) is 0 Å². The first-order chi connectivity index (χ1) is 15.0. The highest BCUT2D eigenvalue weighted by atomic mass is 127. The average Bonchev–Trinajstić information content (AvgIpc) is 3.10. The van der Waals surface area contributed by atoms with Gasteiger partial charge in [-0.25, -0.2) is 4.99 Å². The van der Waals surface area contributed by atoms with E-state index in [9.17, 15) is 0 Å². The second-order valence-electron chi connectivity index (χ2n) is 7.30. The molecule has 32 heavy (non-hydrogen) atoms. The van der Waals surface area contributed by atoms with E-state index in [-0.39, 0.29) is 24.0 Å². The number of aliphatic imine (C=N–C) groups is 1. The van der Waals surface area contributed by atoms with Crippen LogP contribution in [0.2, 0.25) is 0 Å². The van der Waals surface area contributed by atoms with Crippen LogP contribution in [0, 0.1) is 13.8 Å². The second kappa shape index (κ2) is 12.3. The summed E-state index contributed by atoms with van der Waals surface area (Å²) in [7, 11) is 5.29. The maximum absolute atomic E-state index is 5.38. The van der Waals surface area contributed by atoms with Crippen LogP contribution in [0.1, 0.15) is 28.3 Å². The van der Waals surface area contributed by atoms with Gasteiger partial charge in [0.05, 0.1) is 27.3 Å². The van der Waals surface area contributed by atoms with Crippen LogP contribution < -0.4 is 20.1 Å². The third kappa shape index (κ3) is 7.11. The summed E-state index contributed by atoms with van der Waals surface area (Å²) in [5.41, 5.74) is 3.35. The Balaban J connectivity index is 0.00000363. The van der Waals surface area contributed by atoms with E-state index in [1.54, 1.807) is 14.2 Å². The zero-order chi connectivity index (χ0) is 22.2. The van der Waals surface area contributed by atoms with Crippen LogP contribution in [-0.2, 0) is 26.7 Å². The maximum Gasteiger partial charge on any atom is 0.192 e. The molecule has 172 valence electrons. The molecule has 0 spiro atoms. The number of nitrogens with one attached hydrogen (secondary N) is 2. The molecule has 0 amide bonds. The van der Waals surface area contributed by atoms with Gasteiger partial charge < -0.3 is 24.7 Å². The predicted octanol–water partition coefficient (Wildman–Crippen LogP) is 3.50. The average molecular weight is 550 g/mol. The van der Waals surface area contributed by atoms with Crippen LogP contribution >= 0.6 is 24.0 Å². The standard InChI is InChI=1S/C23H30N6O2.HI/c1-16-10-19(12-21(11-16)31-5)14-25-23(26-15-22-28-27-17(2)29(22)3)24-13-18-6-8-20(30-4)9-7-18;/h6-12H,13-15H2,1-5H3,(H2,24,25,26);1H. The van der Waals surface area contributed by atoms with E-state index in [4.69, 9.17) is 14.5 Å². The van der Waals surface area contributed by atoms with Gasteiger partial charge in [-0.15, -0.1) is 34.2 Å². The fourth-order valence-electron chi connectivity index (χ4n) is 3.08. The molecule has 3 aromatic rings. The number of hydrogen-bond donors (Lipinski definition) is 2. The van der Waals surface area contributed by atoms with Crippen LogP contribution in [0.5, 0.6) is 11.5 Å². The van der Waals surface area contributed by atoms with Crippen molar-refractivity contribution in [1.82, 2.24) is 25.4 Å². The van der Waals surface area contributed by atoms with Gasteiger partial charge >= 0.3 is 0 Å². The summed E-state index contributed by atoms with van der Waals surface area (Å²) < 4.78 is 12.6. The number of rotatable bonds is 8. The Morgan fingerprint density at radius 2 is 1.59 bits per heavy atom. The number of aromatic nitrogens is 3. The van der Waals surface area contributed by atoms with E-state index in [1.807, 2.05) is 61.9 Å². The first kappa shape index (κ1) is 25.4. The highest BCUT2D eigenvalue weighted by Crippen LogP contribution is 2.17. The van der Waals surface area contributed by atoms with Crippen molar-refractivity contribution >= 4 is 29.9 Å². The zero-order valence-electron chi connectivity index (χ0n) is 19.2. The van der Waals surface area contributed by atoms with Crippen LogP contribution in [0.25, 0.3) is 0 Å². The number of benzene rings is 2. The molecule has 0 aliphatic carbocycles. The summed E-state index contributed by atoms with van der Waals surface area (Å²) in [5.74, 6) is 4.07. The summed E-state index contributed by atoms with van der Waals surface area (Å²) in [6.45, 7) is 5.65. The SMILES string of the molecule is COc1ccc(CNC(=NCc2cc(C)cc(OC)c2)NCc2nnc(C)n2C)cc1.I. The number of halogens is 1. The molecule has 2 N–H and O–H groups in total. The van der Waals surface area contributed by atoms with Crippen LogP contribution in [0.3, 0.4) is 0 Å². The zero-order valence-corrected chi connectivity index (χ0v) is 21.5. The van der Waals surface area contributed by atoms with Gasteiger partial charge in [0.25, 0.3) is 0 Å². The number of hydrogen-bond acceptors (Lipinski definition) is 5. The number of guanidine groups is 1. The molecule has 2 aromatic carbocycles. The lowest BCUT2D eigenvalue weighted by molar-refractivity contribution is 0.414. The molecular weight excluding hydrogens is 519 g/mol. The largest absolute Gasteiger partial charge is 0.497 e. The molecule has 0 bridgehead atoms. The van der Waals surface area contributed by atoms with E-state index in [1.165, 1.54) is 0 Å². The number of ether oxygens (including phenoxy) is 2. The molecule has 0 saturated heterocycles. The van der Waals surface area contributed by atoms with Gasteiger partial charge in [0.1, 0.15) is 17.3 Å². The minimum atomic E-state index is 0. The van der Waals surface area contributed by atoms with E-state index >= 15 is 0 Å². The van der Waals surface area contributed by atoms with E-state index in [0.29, 0.717) is 25.6 Å². The number of methoxy groups -OCH3 is 2. The third-order valence-corrected chi connectivity index (χ3v) is 4.98. The van der Waals surface area contributed by atoms with Gasteiger partial charge in [-0.3, -0.25) is 0 Å². The van der Waals surface area contributed by atoms with Crippen molar-refractivity contribution in [2.75, 3.05) is 14.2 Å². The Kier molecular flexibility index (Phi) is 9.76. The topological polar surface area (TPSA) is 85.6 Å². The third-order valence-electron chi connectivity index (χ3n) is 4.98. The maximum atomic E-state index is 5.38. The van der Waals surface area contributed by atoms with Crippen molar-refractivity contribution in [1.29, 1.82) is 0 Å². The summed E-state index contributed by atoms with van der Waals surface area (Å²) in [6, 6.07) is 14.1. The molecule has 1 aromatic heterocycles.